The average Bonchev–Trinajstić information content (AvgIpc) is 3.08. The highest BCUT2D eigenvalue weighted by Gasteiger charge is 2.23. The molecule has 26 heavy (non-hydrogen) atoms. The Balaban J connectivity index is 2.12. The summed E-state index contributed by atoms with van der Waals surface area (Å²) >= 11 is 1.55. The van der Waals surface area contributed by atoms with Crippen molar-refractivity contribution in [2.45, 2.75) is 26.3 Å². The van der Waals surface area contributed by atoms with Crippen LogP contribution in [-0.4, -0.2) is 19.7 Å². The summed E-state index contributed by atoms with van der Waals surface area (Å²) in [4.78, 5) is 21.5. The van der Waals surface area contributed by atoms with Crippen LogP contribution in [0.2, 0.25) is 0 Å². The van der Waals surface area contributed by atoms with Gasteiger partial charge in [0, 0.05) is 41.3 Å². The molecule has 0 radical (unpaired) electrons. The molecule has 6 heteroatoms. The van der Waals surface area contributed by atoms with Gasteiger partial charge in [0.25, 0.3) is 5.56 Å². The van der Waals surface area contributed by atoms with Gasteiger partial charge in [-0.1, -0.05) is 0 Å². The molecular weight excluding hydrogens is 344 g/mol. The largest absolute Gasteiger partial charge is 0.276 e. The van der Waals surface area contributed by atoms with Crippen molar-refractivity contribution in [2.24, 2.45) is 0 Å². The first-order chi connectivity index (χ1) is 12.5. The highest BCUT2D eigenvalue weighted by atomic mass is 32.1. The van der Waals surface area contributed by atoms with Crippen LogP contribution in [0.5, 0.6) is 0 Å². The molecule has 0 bridgehead atoms. The molecule has 4 heterocycles. The van der Waals surface area contributed by atoms with Gasteiger partial charge in [-0.15, -0.1) is 11.3 Å². The maximum absolute atomic E-state index is 13.3. The van der Waals surface area contributed by atoms with Crippen molar-refractivity contribution in [3.63, 3.8) is 0 Å². The van der Waals surface area contributed by atoms with Crippen molar-refractivity contribution in [1.82, 2.24) is 19.7 Å². The summed E-state index contributed by atoms with van der Waals surface area (Å²) < 4.78 is 2.48. The Bertz CT molecular complexity index is 1130. The first-order valence-electron chi connectivity index (χ1n) is 8.32. The number of pyridine rings is 2. The van der Waals surface area contributed by atoms with Crippen molar-refractivity contribution in [3.8, 4) is 22.4 Å². The summed E-state index contributed by atoms with van der Waals surface area (Å²) in [5, 5.41) is 7.46. The molecule has 0 fully saturated rings. The number of fused-ring (bicyclic) bond motifs is 1. The van der Waals surface area contributed by atoms with Gasteiger partial charge in [0.15, 0.2) is 0 Å². The van der Waals surface area contributed by atoms with Gasteiger partial charge in [-0.05, 0) is 50.6 Å². The van der Waals surface area contributed by atoms with E-state index >= 15 is 0 Å². The van der Waals surface area contributed by atoms with Crippen LogP contribution in [0.4, 0.5) is 0 Å². The molecule has 0 spiro atoms. The van der Waals surface area contributed by atoms with E-state index in [0.717, 1.165) is 27.1 Å². The Morgan fingerprint density at radius 1 is 0.923 bits per heavy atom. The van der Waals surface area contributed by atoms with Gasteiger partial charge >= 0.3 is 0 Å². The Morgan fingerprint density at radius 2 is 1.50 bits per heavy atom. The van der Waals surface area contributed by atoms with E-state index in [-0.39, 0.29) is 5.56 Å². The first-order valence-corrected chi connectivity index (χ1v) is 9.20. The molecule has 4 rings (SSSR count). The molecule has 4 aromatic heterocycles. The predicted octanol–water partition coefficient (Wildman–Crippen LogP) is 4.34. The topological polar surface area (TPSA) is 60.7 Å². The van der Waals surface area contributed by atoms with Crippen LogP contribution in [0.3, 0.4) is 0 Å². The van der Waals surface area contributed by atoms with Crippen LogP contribution >= 0.6 is 11.3 Å². The number of hydrogen-bond acceptors (Lipinski definition) is 5. The third kappa shape index (κ3) is 2.72. The van der Waals surface area contributed by atoms with Crippen molar-refractivity contribution in [1.29, 1.82) is 0 Å². The van der Waals surface area contributed by atoms with Crippen LogP contribution in [0.25, 0.3) is 32.5 Å². The zero-order chi connectivity index (χ0) is 18.3. The third-order valence-corrected chi connectivity index (χ3v) is 5.18. The summed E-state index contributed by atoms with van der Waals surface area (Å²) in [6.07, 6.45) is 6.97. The summed E-state index contributed by atoms with van der Waals surface area (Å²) in [6, 6.07) is 7.69. The number of nitrogens with zero attached hydrogens (tertiary/aromatic N) is 4. The van der Waals surface area contributed by atoms with Gasteiger partial charge in [-0.2, -0.15) is 5.10 Å². The highest BCUT2D eigenvalue weighted by molar-refractivity contribution is 7.18. The lowest BCUT2D eigenvalue weighted by molar-refractivity contribution is 0.342. The monoisotopic (exact) mass is 362 g/mol. The standard InChI is InChI=1S/C20H18N4OS/c1-20(2,3)24-19(25)16-15(13-4-8-21-9-5-13)12-26-18(16)17(23-24)14-6-10-22-11-7-14/h4-12H,1-3H3. The maximum atomic E-state index is 13.3. The quantitative estimate of drug-likeness (QED) is 0.532. The smallest absolute Gasteiger partial charge is 0.267 e. The number of rotatable bonds is 2. The first kappa shape index (κ1) is 16.6. The van der Waals surface area contributed by atoms with Crippen LogP contribution < -0.4 is 5.56 Å². The fourth-order valence-electron chi connectivity index (χ4n) is 2.94. The lowest BCUT2D eigenvalue weighted by atomic mass is 10.0. The minimum atomic E-state index is -0.426. The molecule has 4 aromatic rings. The zero-order valence-corrected chi connectivity index (χ0v) is 15.6. The Morgan fingerprint density at radius 3 is 2.08 bits per heavy atom. The van der Waals surface area contributed by atoms with Crippen LogP contribution in [0, 0.1) is 0 Å². The summed E-state index contributed by atoms with van der Waals surface area (Å²) in [7, 11) is 0. The summed E-state index contributed by atoms with van der Waals surface area (Å²) in [5.41, 5.74) is 3.17. The molecule has 0 aliphatic carbocycles. The summed E-state index contributed by atoms with van der Waals surface area (Å²) in [5.74, 6) is 0. The molecule has 5 nitrogen and oxygen atoms in total. The molecule has 0 amide bonds. The number of thiophene rings is 1. The molecule has 130 valence electrons. The van der Waals surface area contributed by atoms with E-state index in [4.69, 9.17) is 5.10 Å². The highest BCUT2D eigenvalue weighted by Crippen LogP contribution is 2.36. The summed E-state index contributed by atoms with van der Waals surface area (Å²) in [6.45, 7) is 5.96. The second-order valence-electron chi connectivity index (χ2n) is 7.06. The van der Waals surface area contributed by atoms with Gasteiger partial charge in [0.05, 0.1) is 15.6 Å². The van der Waals surface area contributed by atoms with E-state index in [2.05, 4.69) is 9.97 Å². The van der Waals surface area contributed by atoms with Gasteiger partial charge in [-0.3, -0.25) is 14.8 Å². The van der Waals surface area contributed by atoms with Gasteiger partial charge in [0.1, 0.15) is 5.69 Å². The van der Waals surface area contributed by atoms with Crippen LogP contribution in [-0.2, 0) is 5.54 Å². The molecule has 0 saturated heterocycles. The third-order valence-electron chi connectivity index (χ3n) is 4.19. The molecule has 0 saturated carbocycles. The van der Waals surface area contributed by atoms with Crippen molar-refractivity contribution < 1.29 is 0 Å². The molecule has 0 atom stereocenters. The molecular formula is C20H18N4OS. The van der Waals surface area contributed by atoms with Crippen molar-refractivity contribution in [2.75, 3.05) is 0 Å². The van der Waals surface area contributed by atoms with E-state index in [9.17, 15) is 4.79 Å². The second-order valence-corrected chi connectivity index (χ2v) is 7.94. The van der Waals surface area contributed by atoms with Gasteiger partial charge in [0.2, 0.25) is 0 Å². The van der Waals surface area contributed by atoms with Crippen LogP contribution in [0.15, 0.2) is 59.2 Å². The Labute approximate surface area is 155 Å². The normalized spacial score (nSPS) is 11.8. The Hall–Kier alpha value is -2.86. The van der Waals surface area contributed by atoms with Crippen molar-refractivity contribution in [3.05, 3.63) is 64.8 Å². The fraction of sp³-hybridized carbons (Fsp3) is 0.200. The molecule has 0 aliphatic rings. The fourth-order valence-corrected chi connectivity index (χ4v) is 4.01. The number of hydrogen-bond donors (Lipinski definition) is 0. The molecule has 0 unspecified atom stereocenters. The Kier molecular flexibility index (Phi) is 3.92. The van der Waals surface area contributed by atoms with E-state index in [1.54, 1.807) is 40.8 Å². The number of aromatic nitrogens is 4. The minimum absolute atomic E-state index is 0.0710. The lowest BCUT2D eigenvalue weighted by Crippen LogP contribution is -2.36. The maximum Gasteiger partial charge on any atom is 0.276 e. The van der Waals surface area contributed by atoms with Crippen LogP contribution in [0.1, 0.15) is 20.8 Å². The molecule has 0 aromatic carbocycles. The van der Waals surface area contributed by atoms with Gasteiger partial charge in [-0.25, -0.2) is 4.68 Å². The zero-order valence-electron chi connectivity index (χ0n) is 14.8. The minimum Gasteiger partial charge on any atom is -0.267 e. The second kappa shape index (κ2) is 6.14. The van der Waals surface area contributed by atoms with E-state index < -0.39 is 5.54 Å². The lowest BCUT2D eigenvalue weighted by Gasteiger charge is -2.22. The molecule has 0 N–H and O–H groups in total. The van der Waals surface area contributed by atoms with E-state index in [1.165, 1.54) is 0 Å². The molecule has 0 aliphatic heterocycles. The average molecular weight is 362 g/mol. The predicted molar refractivity (Wildman–Crippen MR) is 105 cm³/mol. The van der Waals surface area contributed by atoms with E-state index in [0.29, 0.717) is 5.39 Å². The SMILES string of the molecule is CC(C)(C)n1nc(-c2ccncc2)c2scc(-c3ccncc3)c2c1=O. The van der Waals surface area contributed by atoms with Gasteiger partial charge < -0.3 is 0 Å². The van der Waals surface area contributed by atoms with Crippen molar-refractivity contribution >= 4 is 21.4 Å². The van der Waals surface area contributed by atoms with E-state index in [1.807, 2.05) is 50.4 Å².